The Labute approximate surface area is 149 Å². The van der Waals surface area contributed by atoms with E-state index in [0.717, 1.165) is 44.4 Å². The molecule has 0 saturated heterocycles. The fourth-order valence-corrected chi connectivity index (χ4v) is 3.36. The van der Waals surface area contributed by atoms with Crippen molar-refractivity contribution in [3.8, 4) is 0 Å². The largest absolute Gasteiger partial charge is 0.480 e. The van der Waals surface area contributed by atoms with E-state index in [4.69, 9.17) is 5.11 Å². The SMILES string of the molecule is O=C(O)CN(CC1CC1)C1CC(NCc2ccc(F)c(C(F)(F)F)c2)C1. The maximum atomic E-state index is 13.3. The first-order valence-corrected chi connectivity index (χ1v) is 8.77. The molecule has 2 aliphatic carbocycles. The lowest BCUT2D eigenvalue weighted by atomic mass is 9.85. The molecule has 8 heteroatoms. The van der Waals surface area contributed by atoms with Crippen LogP contribution < -0.4 is 5.32 Å². The van der Waals surface area contributed by atoms with E-state index in [9.17, 15) is 22.4 Å². The molecule has 0 radical (unpaired) electrons. The van der Waals surface area contributed by atoms with Gasteiger partial charge in [-0.1, -0.05) is 6.07 Å². The van der Waals surface area contributed by atoms with Gasteiger partial charge in [0.05, 0.1) is 12.1 Å². The summed E-state index contributed by atoms with van der Waals surface area (Å²) < 4.78 is 51.5. The summed E-state index contributed by atoms with van der Waals surface area (Å²) in [4.78, 5) is 13.0. The maximum absolute atomic E-state index is 13.3. The first-order valence-electron chi connectivity index (χ1n) is 8.77. The molecule has 0 atom stereocenters. The Hall–Kier alpha value is -1.67. The van der Waals surface area contributed by atoms with Crippen molar-refractivity contribution in [3.05, 3.63) is 35.1 Å². The zero-order valence-electron chi connectivity index (χ0n) is 14.2. The van der Waals surface area contributed by atoms with Crippen LogP contribution in [0.2, 0.25) is 0 Å². The summed E-state index contributed by atoms with van der Waals surface area (Å²) in [7, 11) is 0. The van der Waals surface area contributed by atoms with Gasteiger partial charge < -0.3 is 10.4 Å². The van der Waals surface area contributed by atoms with E-state index in [2.05, 4.69) is 5.32 Å². The number of hydrogen-bond acceptors (Lipinski definition) is 3. The Morgan fingerprint density at radius 3 is 2.54 bits per heavy atom. The summed E-state index contributed by atoms with van der Waals surface area (Å²) in [6, 6.07) is 3.35. The molecule has 144 valence electrons. The van der Waals surface area contributed by atoms with Gasteiger partial charge in [0.2, 0.25) is 0 Å². The normalized spacial score (nSPS) is 23.1. The summed E-state index contributed by atoms with van der Waals surface area (Å²) >= 11 is 0. The lowest BCUT2D eigenvalue weighted by molar-refractivity contribution is -0.140. The number of nitrogens with one attached hydrogen (secondary N) is 1. The molecule has 0 spiro atoms. The monoisotopic (exact) mass is 374 g/mol. The van der Waals surface area contributed by atoms with E-state index >= 15 is 0 Å². The van der Waals surface area contributed by atoms with Crippen LogP contribution in [0, 0.1) is 11.7 Å². The number of aliphatic carboxylic acids is 1. The van der Waals surface area contributed by atoms with Crippen LogP contribution in [0.5, 0.6) is 0 Å². The molecule has 2 fully saturated rings. The molecule has 2 saturated carbocycles. The van der Waals surface area contributed by atoms with Gasteiger partial charge in [-0.25, -0.2) is 4.39 Å². The van der Waals surface area contributed by atoms with Crippen molar-refractivity contribution in [1.82, 2.24) is 10.2 Å². The van der Waals surface area contributed by atoms with Crippen molar-refractivity contribution in [3.63, 3.8) is 0 Å². The highest BCUT2D eigenvalue weighted by molar-refractivity contribution is 5.69. The second kappa shape index (κ2) is 7.52. The summed E-state index contributed by atoms with van der Waals surface area (Å²) in [5.74, 6) is -1.51. The Kier molecular flexibility index (Phi) is 5.53. The third kappa shape index (κ3) is 4.94. The maximum Gasteiger partial charge on any atom is 0.419 e. The number of nitrogens with zero attached hydrogens (tertiary/aromatic N) is 1. The zero-order valence-corrected chi connectivity index (χ0v) is 14.2. The molecule has 2 aliphatic rings. The molecule has 1 aromatic rings. The molecule has 0 heterocycles. The number of carbonyl (C=O) groups is 1. The minimum absolute atomic E-state index is 0.0286. The minimum atomic E-state index is -4.71. The highest BCUT2D eigenvalue weighted by Crippen LogP contribution is 2.34. The highest BCUT2D eigenvalue weighted by atomic mass is 19.4. The molecule has 0 bridgehead atoms. The third-order valence-electron chi connectivity index (χ3n) is 5.09. The Bertz CT molecular complexity index is 655. The van der Waals surface area contributed by atoms with Crippen molar-refractivity contribution in [2.24, 2.45) is 5.92 Å². The number of alkyl halides is 3. The van der Waals surface area contributed by atoms with Gasteiger partial charge in [0, 0.05) is 25.2 Å². The van der Waals surface area contributed by atoms with Crippen LogP contribution in [0.4, 0.5) is 17.6 Å². The molecule has 0 amide bonds. The molecule has 1 aromatic carbocycles. The van der Waals surface area contributed by atoms with Gasteiger partial charge in [0.1, 0.15) is 5.82 Å². The fourth-order valence-electron chi connectivity index (χ4n) is 3.36. The Balaban J connectivity index is 1.49. The second-order valence-electron chi connectivity index (χ2n) is 7.28. The van der Waals surface area contributed by atoms with Gasteiger partial charge in [-0.2, -0.15) is 13.2 Å². The topological polar surface area (TPSA) is 52.6 Å². The second-order valence-corrected chi connectivity index (χ2v) is 7.28. The number of halogens is 4. The molecule has 0 unspecified atom stereocenters. The first kappa shape index (κ1) is 19.1. The van der Waals surface area contributed by atoms with Crippen LogP contribution in [0.1, 0.15) is 36.8 Å². The molecule has 2 N–H and O–H groups in total. The summed E-state index contributed by atoms with van der Waals surface area (Å²) in [6.07, 6.45) is -0.865. The Morgan fingerprint density at radius 1 is 1.27 bits per heavy atom. The van der Waals surface area contributed by atoms with E-state index in [1.165, 1.54) is 6.07 Å². The lowest BCUT2D eigenvalue weighted by Crippen LogP contribution is -2.54. The van der Waals surface area contributed by atoms with E-state index in [1.54, 1.807) is 0 Å². The van der Waals surface area contributed by atoms with Crippen LogP contribution in [0.25, 0.3) is 0 Å². The number of benzene rings is 1. The quantitative estimate of drug-likeness (QED) is 0.686. The minimum Gasteiger partial charge on any atom is -0.480 e. The lowest BCUT2D eigenvalue weighted by Gasteiger charge is -2.43. The average molecular weight is 374 g/mol. The van der Waals surface area contributed by atoms with Gasteiger partial charge in [-0.15, -0.1) is 0 Å². The molecule has 3 rings (SSSR count). The number of carboxylic acids is 1. The standard InChI is InChI=1S/C18H22F4N2O2/c19-16-4-3-12(5-15(16)18(20,21)22)8-23-13-6-14(7-13)24(10-17(25)26)9-11-1-2-11/h3-5,11,13-14,23H,1-2,6-10H2,(H,25,26). The van der Waals surface area contributed by atoms with E-state index in [1.807, 2.05) is 4.90 Å². The van der Waals surface area contributed by atoms with Crippen molar-refractivity contribution in [2.75, 3.05) is 13.1 Å². The average Bonchev–Trinajstić information content (AvgIpc) is 3.29. The van der Waals surface area contributed by atoms with Gasteiger partial charge in [-0.05, 0) is 49.3 Å². The molecule has 0 aromatic heterocycles. The predicted molar refractivity (Wildman–Crippen MR) is 87.0 cm³/mol. The van der Waals surface area contributed by atoms with Gasteiger partial charge in [-0.3, -0.25) is 9.69 Å². The third-order valence-corrected chi connectivity index (χ3v) is 5.09. The number of rotatable bonds is 8. The number of hydrogen-bond donors (Lipinski definition) is 2. The van der Waals surface area contributed by atoms with Crippen LogP contribution in [-0.2, 0) is 17.5 Å². The smallest absolute Gasteiger partial charge is 0.419 e. The molecule has 4 nitrogen and oxygen atoms in total. The summed E-state index contributed by atoms with van der Waals surface area (Å²) in [5, 5.41) is 12.2. The van der Waals surface area contributed by atoms with E-state index in [0.29, 0.717) is 11.5 Å². The van der Waals surface area contributed by atoms with Crippen LogP contribution in [0.3, 0.4) is 0 Å². The summed E-state index contributed by atoms with van der Waals surface area (Å²) in [6.45, 7) is 1.06. The van der Waals surface area contributed by atoms with E-state index in [-0.39, 0.29) is 25.2 Å². The highest BCUT2D eigenvalue weighted by Gasteiger charge is 2.37. The Morgan fingerprint density at radius 2 is 1.96 bits per heavy atom. The van der Waals surface area contributed by atoms with Crippen molar-refractivity contribution >= 4 is 5.97 Å². The van der Waals surface area contributed by atoms with Gasteiger partial charge in [0.15, 0.2) is 0 Å². The van der Waals surface area contributed by atoms with Crippen LogP contribution in [0.15, 0.2) is 18.2 Å². The summed E-state index contributed by atoms with van der Waals surface area (Å²) in [5.41, 5.74) is -0.872. The predicted octanol–water partition coefficient (Wildman–Crippen LogP) is 3.26. The van der Waals surface area contributed by atoms with Crippen LogP contribution >= 0.6 is 0 Å². The fraction of sp³-hybridized carbons (Fsp3) is 0.611. The zero-order chi connectivity index (χ0) is 18.9. The molecular weight excluding hydrogens is 352 g/mol. The number of carboxylic acid groups (broad SMARTS) is 1. The van der Waals surface area contributed by atoms with Crippen molar-refractivity contribution in [2.45, 2.75) is 50.5 Å². The first-order chi connectivity index (χ1) is 12.2. The molecule has 26 heavy (non-hydrogen) atoms. The molecular formula is C18H22F4N2O2. The van der Waals surface area contributed by atoms with Gasteiger partial charge >= 0.3 is 12.1 Å². The van der Waals surface area contributed by atoms with Crippen LogP contribution in [-0.4, -0.2) is 41.1 Å². The molecule has 0 aliphatic heterocycles. The van der Waals surface area contributed by atoms with Crippen molar-refractivity contribution in [1.29, 1.82) is 0 Å². The van der Waals surface area contributed by atoms with E-state index < -0.39 is 23.5 Å². The van der Waals surface area contributed by atoms with Gasteiger partial charge in [0.25, 0.3) is 0 Å². The van der Waals surface area contributed by atoms with Crippen molar-refractivity contribution < 1.29 is 27.5 Å².